The van der Waals surface area contributed by atoms with Gasteiger partial charge in [0.25, 0.3) is 5.91 Å². The number of primary amides is 1. The third-order valence-corrected chi connectivity index (χ3v) is 7.29. The molecule has 2 saturated carbocycles. The number of likely N-dealkylation sites (tertiary alicyclic amines) is 1. The lowest BCUT2D eigenvalue weighted by molar-refractivity contribution is -0.139. The van der Waals surface area contributed by atoms with E-state index in [-0.39, 0.29) is 37.2 Å². The van der Waals surface area contributed by atoms with Gasteiger partial charge in [-0.15, -0.1) is 0 Å². The van der Waals surface area contributed by atoms with Crippen molar-refractivity contribution in [1.82, 2.24) is 20.0 Å². The van der Waals surface area contributed by atoms with Gasteiger partial charge in [0.2, 0.25) is 11.8 Å². The predicted octanol–water partition coefficient (Wildman–Crippen LogP) is 1.91. The minimum atomic E-state index is -1.24. The molecule has 1 aromatic carbocycles. The van der Waals surface area contributed by atoms with Crippen LogP contribution in [0.1, 0.15) is 55.4 Å². The van der Waals surface area contributed by atoms with Gasteiger partial charge in [0.1, 0.15) is 18.8 Å². The number of para-hydroxylation sites is 1. The molecule has 8 nitrogen and oxygen atoms in total. The Balaban J connectivity index is 1.31. The van der Waals surface area contributed by atoms with Crippen molar-refractivity contribution in [2.75, 3.05) is 6.54 Å². The van der Waals surface area contributed by atoms with E-state index in [1.165, 1.54) is 28.8 Å². The molecule has 32 heavy (non-hydrogen) atoms. The van der Waals surface area contributed by atoms with Crippen LogP contribution in [0.5, 0.6) is 0 Å². The molecule has 2 aromatic rings. The average Bonchev–Trinajstić information content (AvgIpc) is 3.21. The first kappa shape index (κ1) is 20.9. The van der Waals surface area contributed by atoms with Crippen molar-refractivity contribution in [3.8, 4) is 0 Å². The second-order valence-electron chi connectivity index (χ2n) is 9.58. The van der Waals surface area contributed by atoms with E-state index in [2.05, 4.69) is 10.4 Å². The van der Waals surface area contributed by atoms with Crippen LogP contribution in [0.4, 0.5) is 4.39 Å². The minimum absolute atomic E-state index is 0.00181. The summed E-state index contributed by atoms with van der Waals surface area (Å²) < 4.78 is 15.7. The monoisotopic (exact) mass is 441 g/mol. The number of amides is 3. The van der Waals surface area contributed by atoms with E-state index in [1.807, 2.05) is 0 Å². The summed E-state index contributed by atoms with van der Waals surface area (Å²) in [5.74, 6) is -1.36. The van der Waals surface area contributed by atoms with E-state index in [4.69, 9.17) is 5.73 Å². The summed E-state index contributed by atoms with van der Waals surface area (Å²) in [4.78, 5) is 39.2. The Bertz CT molecular complexity index is 1080. The van der Waals surface area contributed by atoms with Gasteiger partial charge in [-0.2, -0.15) is 5.10 Å². The number of alkyl halides is 1. The molecule has 1 aromatic heterocycles. The number of nitrogens with one attached hydrogen (secondary N) is 1. The largest absolute Gasteiger partial charge is 0.364 e. The molecule has 3 N–H and O–H groups in total. The molecule has 0 radical (unpaired) electrons. The maximum Gasteiger partial charge on any atom is 0.269 e. The molecule has 3 aliphatic rings. The fraction of sp³-hybridized carbons (Fsp3) is 0.565. The summed E-state index contributed by atoms with van der Waals surface area (Å²) in [5.41, 5.74) is 6.50. The Kier molecular flexibility index (Phi) is 5.14. The van der Waals surface area contributed by atoms with Crippen molar-refractivity contribution in [2.45, 2.75) is 69.7 Å². The average molecular weight is 442 g/mol. The second-order valence-corrected chi connectivity index (χ2v) is 9.58. The van der Waals surface area contributed by atoms with Crippen molar-refractivity contribution < 1.29 is 18.8 Å². The van der Waals surface area contributed by atoms with Gasteiger partial charge in [-0.05, 0) is 43.6 Å². The molecular formula is C23H28FN5O3. The van der Waals surface area contributed by atoms with Gasteiger partial charge in [0, 0.05) is 17.8 Å². The second kappa shape index (κ2) is 7.86. The number of aromatic nitrogens is 2. The Labute approximate surface area is 185 Å². The van der Waals surface area contributed by atoms with Gasteiger partial charge >= 0.3 is 0 Å². The normalized spacial score (nSPS) is 26.4. The number of nitrogens with zero attached hydrogens (tertiary/aromatic N) is 3. The van der Waals surface area contributed by atoms with Crippen molar-refractivity contribution in [3.63, 3.8) is 0 Å². The van der Waals surface area contributed by atoms with Crippen LogP contribution in [0.2, 0.25) is 0 Å². The van der Waals surface area contributed by atoms with Crippen LogP contribution in [-0.2, 0) is 16.1 Å². The number of carbonyl (C=O) groups is 3. The van der Waals surface area contributed by atoms with Crippen molar-refractivity contribution in [3.05, 3.63) is 30.0 Å². The topological polar surface area (TPSA) is 110 Å². The lowest BCUT2D eigenvalue weighted by Crippen LogP contribution is -2.50. The van der Waals surface area contributed by atoms with Crippen molar-refractivity contribution in [1.29, 1.82) is 0 Å². The van der Waals surface area contributed by atoms with Gasteiger partial charge in [-0.1, -0.05) is 24.6 Å². The Morgan fingerprint density at radius 2 is 2.00 bits per heavy atom. The number of hydrogen-bond acceptors (Lipinski definition) is 4. The fourth-order valence-corrected chi connectivity index (χ4v) is 5.46. The maximum absolute atomic E-state index is 14.3. The van der Waals surface area contributed by atoms with E-state index >= 15 is 0 Å². The third kappa shape index (κ3) is 3.84. The number of rotatable bonds is 5. The third-order valence-electron chi connectivity index (χ3n) is 7.29. The zero-order valence-electron chi connectivity index (χ0n) is 17.9. The zero-order chi connectivity index (χ0) is 22.5. The van der Waals surface area contributed by atoms with Crippen molar-refractivity contribution in [2.24, 2.45) is 11.1 Å². The molecule has 0 unspecified atom stereocenters. The summed E-state index contributed by atoms with van der Waals surface area (Å²) >= 11 is 0. The molecule has 9 heteroatoms. The van der Waals surface area contributed by atoms with Gasteiger partial charge in [0.05, 0.1) is 12.1 Å². The summed E-state index contributed by atoms with van der Waals surface area (Å²) in [5, 5.41) is 7.85. The lowest BCUT2D eigenvalue weighted by Gasteiger charge is -2.32. The molecule has 2 heterocycles. The van der Waals surface area contributed by atoms with Crippen LogP contribution < -0.4 is 11.1 Å². The van der Waals surface area contributed by atoms with E-state index in [1.54, 1.807) is 24.3 Å². The van der Waals surface area contributed by atoms with Crippen LogP contribution in [0.15, 0.2) is 24.3 Å². The number of fused-ring (bicyclic) bond motifs is 1. The van der Waals surface area contributed by atoms with Crippen LogP contribution in [-0.4, -0.2) is 57.2 Å². The van der Waals surface area contributed by atoms with Crippen molar-refractivity contribution >= 4 is 28.6 Å². The van der Waals surface area contributed by atoms with Crippen LogP contribution in [0.3, 0.4) is 0 Å². The standard InChI is InChI=1S/C23H28FN5O3/c24-14-10-18(22(32)26-15-4-3-7-23(11-15)8-9-23)28(12-14)19(30)13-29-17-6-2-1-5-16(17)20(27-29)21(25)31/h1-2,5-6,14-15,18H,3-4,7-13H2,(H2,25,31)(H,26,32)/t14-,15-,18+/m1/s1. The highest BCUT2D eigenvalue weighted by atomic mass is 19.1. The van der Waals surface area contributed by atoms with E-state index in [0.29, 0.717) is 16.3 Å². The smallest absolute Gasteiger partial charge is 0.269 e. The summed E-state index contributed by atoms with van der Waals surface area (Å²) in [6, 6.07) is 6.26. The Hall–Kier alpha value is -2.97. The summed E-state index contributed by atoms with van der Waals surface area (Å²) in [6.07, 6.45) is 5.45. The fourth-order valence-electron chi connectivity index (χ4n) is 5.46. The minimum Gasteiger partial charge on any atom is -0.364 e. The Morgan fingerprint density at radius 3 is 2.75 bits per heavy atom. The molecular weight excluding hydrogens is 413 g/mol. The molecule has 0 bridgehead atoms. The predicted molar refractivity (Wildman–Crippen MR) is 115 cm³/mol. The molecule has 1 saturated heterocycles. The molecule has 3 fully saturated rings. The maximum atomic E-state index is 14.3. The molecule has 1 spiro atoms. The molecule has 2 aliphatic carbocycles. The van der Waals surface area contributed by atoms with Gasteiger partial charge in [-0.25, -0.2) is 4.39 Å². The van der Waals surface area contributed by atoms with E-state index in [0.717, 1.165) is 19.3 Å². The first-order chi connectivity index (χ1) is 15.3. The quantitative estimate of drug-likeness (QED) is 0.738. The molecule has 3 atom stereocenters. The van der Waals surface area contributed by atoms with E-state index in [9.17, 15) is 18.8 Å². The molecule has 3 amide bonds. The zero-order valence-corrected chi connectivity index (χ0v) is 17.9. The highest BCUT2D eigenvalue weighted by Crippen LogP contribution is 2.56. The summed E-state index contributed by atoms with van der Waals surface area (Å²) in [7, 11) is 0. The van der Waals surface area contributed by atoms with Gasteiger partial charge < -0.3 is 16.0 Å². The van der Waals surface area contributed by atoms with Gasteiger partial charge in [-0.3, -0.25) is 19.1 Å². The number of halogens is 1. The first-order valence-electron chi connectivity index (χ1n) is 11.3. The van der Waals surface area contributed by atoms with Gasteiger partial charge in [0.15, 0.2) is 5.69 Å². The van der Waals surface area contributed by atoms with Crippen LogP contribution in [0, 0.1) is 5.41 Å². The SMILES string of the molecule is NC(=O)c1nn(CC(=O)N2C[C@H](F)C[C@H]2C(=O)N[C@@H]2CCCC3(CC3)C2)c2ccccc12. The first-order valence-corrected chi connectivity index (χ1v) is 11.3. The number of benzene rings is 1. The highest BCUT2D eigenvalue weighted by molar-refractivity contribution is 6.04. The number of nitrogens with two attached hydrogens (primary N) is 1. The van der Waals surface area contributed by atoms with Crippen LogP contribution in [0.25, 0.3) is 10.9 Å². The molecule has 1 aliphatic heterocycles. The number of hydrogen-bond donors (Lipinski definition) is 2. The number of carbonyl (C=O) groups excluding carboxylic acids is 3. The van der Waals surface area contributed by atoms with Crippen LogP contribution >= 0.6 is 0 Å². The highest BCUT2D eigenvalue weighted by Gasteiger charge is 2.47. The van der Waals surface area contributed by atoms with E-state index < -0.39 is 24.0 Å². The molecule has 5 rings (SSSR count). The summed E-state index contributed by atoms with van der Waals surface area (Å²) in [6.45, 7) is -0.315. The lowest BCUT2D eigenvalue weighted by atomic mass is 9.83. The Morgan fingerprint density at radius 1 is 1.22 bits per heavy atom. The molecule has 170 valence electrons.